The third-order valence-electron chi connectivity index (χ3n) is 5.76. The van der Waals surface area contributed by atoms with Crippen LogP contribution in [-0.4, -0.2) is 30.1 Å². The van der Waals surface area contributed by atoms with Gasteiger partial charge in [0.2, 0.25) is 0 Å². The Bertz CT molecular complexity index is 1200. The van der Waals surface area contributed by atoms with Crippen molar-refractivity contribution in [3.05, 3.63) is 71.8 Å². The first-order valence-electron chi connectivity index (χ1n) is 10.5. The molecule has 1 amide bonds. The summed E-state index contributed by atoms with van der Waals surface area (Å²) in [5, 5.41) is 2.78. The molecule has 1 atom stereocenters. The highest BCUT2D eigenvalue weighted by atomic mass is 32.1. The van der Waals surface area contributed by atoms with Crippen molar-refractivity contribution >= 4 is 43.4 Å². The molecule has 30 heavy (non-hydrogen) atoms. The second kappa shape index (κ2) is 8.17. The highest BCUT2D eigenvalue weighted by Gasteiger charge is 2.27. The van der Waals surface area contributed by atoms with E-state index in [1.165, 1.54) is 5.56 Å². The Morgan fingerprint density at radius 3 is 2.87 bits per heavy atom. The molecule has 0 N–H and O–H groups in total. The molecule has 4 aromatic rings. The number of fused-ring (bicyclic) bond motifs is 2. The van der Waals surface area contributed by atoms with Gasteiger partial charge in [-0.05, 0) is 53.8 Å². The standard InChI is InChI=1S/C25H24N2O2S/c1-2-17-12-13-22-23(15-17)30-25(26-22)27(16-19-9-6-14-29-19)24(28)21-11-5-8-18-7-3-4-10-20(18)21/h3-5,7-8,10-13,15,19H,2,6,9,14,16H2,1H3. The van der Waals surface area contributed by atoms with Gasteiger partial charge in [0, 0.05) is 12.2 Å². The first kappa shape index (κ1) is 19.2. The number of amides is 1. The molecule has 0 aliphatic carbocycles. The summed E-state index contributed by atoms with van der Waals surface area (Å²) in [6.07, 6.45) is 3.06. The van der Waals surface area contributed by atoms with Crippen LogP contribution < -0.4 is 4.90 Å². The van der Waals surface area contributed by atoms with Gasteiger partial charge in [0.1, 0.15) is 0 Å². The monoisotopic (exact) mass is 416 g/mol. The highest BCUT2D eigenvalue weighted by molar-refractivity contribution is 7.22. The topological polar surface area (TPSA) is 42.4 Å². The van der Waals surface area contributed by atoms with Crippen LogP contribution in [0.3, 0.4) is 0 Å². The third-order valence-corrected chi connectivity index (χ3v) is 6.80. The molecular formula is C25H24N2O2S. The molecule has 0 bridgehead atoms. The van der Waals surface area contributed by atoms with Crippen LogP contribution in [0.2, 0.25) is 0 Å². The molecule has 1 saturated heterocycles. The number of anilines is 1. The molecular weight excluding hydrogens is 392 g/mol. The Morgan fingerprint density at radius 2 is 2.03 bits per heavy atom. The number of aryl methyl sites for hydroxylation is 1. The zero-order valence-electron chi connectivity index (χ0n) is 17.0. The van der Waals surface area contributed by atoms with Crippen molar-refractivity contribution in [1.29, 1.82) is 0 Å². The summed E-state index contributed by atoms with van der Waals surface area (Å²) in [5.41, 5.74) is 2.93. The molecule has 5 rings (SSSR count). The molecule has 5 heteroatoms. The quantitative estimate of drug-likeness (QED) is 0.411. The zero-order valence-corrected chi connectivity index (χ0v) is 17.8. The van der Waals surface area contributed by atoms with Crippen molar-refractivity contribution in [1.82, 2.24) is 4.98 Å². The summed E-state index contributed by atoms with van der Waals surface area (Å²) in [7, 11) is 0. The number of benzene rings is 3. The van der Waals surface area contributed by atoms with Gasteiger partial charge >= 0.3 is 0 Å². The number of carbonyl (C=O) groups excluding carboxylic acids is 1. The van der Waals surface area contributed by atoms with Gasteiger partial charge in [0.05, 0.1) is 22.9 Å². The smallest absolute Gasteiger partial charge is 0.260 e. The lowest BCUT2D eigenvalue weighted by atomic mass is 10.0. The second-order valence-electron chi connectivity index (χ2n) is 7.73. The van der Waals surface area contributed by atoms with Crippen LogP contribution in [0.25, 0.3) is 21.0 Å². The second-order valence-corrected chi connectivity index (χ2v) is 8.74. The van der Waals surface area contributed by atoms with E-state index in [-0.39, 0.29) is 12.0 Å². The largest absolute Gasteiger partial charge is 0.376 e. The van der Waals surface area contributed by atoms with Gasteiger partial charge in [-0.2, -0.15) is 0 Å². The van der Waals surface area contributed by atoms with Crippen molar-refractivity contribution in [2.75, 3.05) is 18.1 Å². The summed E-state index contributed by atoms with van der Waals surface area (Å²) in [6.45, 7) is 3.44. The normalized spacial score (nSPS) is 16.4. The van der Waals surface area contributed by atoms with Crippen LogP contribution in [0.4, 0.5) is 5.13 Å². The average Bonchev–Trinajstić information content (AvgIpc) is 3.45. The zero-order chi connectivity index (χ0) is 20.5. The van der Waals surface area contributed by atoms with Crippen LogP contribution in [0.15, 0.2) is 60.7 Å². The number of carbonyl (C=O) groups is 1. The molecule has 1 aliphatic rings. The van der Waals surface area contributed by atoms with E-state index < -0.39 is 0 Å². The molecule has 152 valence electrons. The molecule has 0 saturated carbocycles. The summed E-state index contributed by atoms with van der Waals surface area (Å²) >= 11 is 1.59. The SMILES string of the molecule is CCc1ccc2nc(N(CC3CCCO3)C(=O)c3cccc4ccccc34)sc2c1. The molecule has 1 aromatic heterocycles. The van der Waals surface area contributed by atoms with Crippen molar-refractivity contribution in [3.63, 3.8) is 0 Å². The molecule has 0 spiro atoms. The Morgan fingerprint density at radius 1 is 1.17 bits per heavy atom. The molecule has 1 unspecified atom stereocenters. The van der Waals surface area contributed by atoms with Gasteiger partial charge in [-0.25, -0.2) is 4.98 Å². The Balaban J connectivity index is 1.58. The Hall–Kier alpha value is -2.76. The predicted molar refractivity (Wildman–Crippen MR) is 124 cm³/mol. The summed E-state index contributed by atoms with van der Waals surface area (Å²) in [5.74, 6) is -0.0166. The van der Waals surface area contributed by atoms with E-state index in [1.54, 1.807) is 11.3 Å². The number of hydrogen-bond donors (Lipinski definition) is 0. The van der Waals surface area contributed by atoms with Crippen LogP contribution >= 0.6 is 11.3 Å². The first-order valence-corrected chi connectivity index (χ1v) is 11.4. The van der Waals surface area contributed by atoms with Crippen LogP contribution in [0.5, 0.6) is 0 Å². The van der Waals surface area contributed by atoms with E-state index in [4.69, 9.17) is 9.72 Å². The maximum absolute atomic E-state index is 13.8. The minimum Gasteiger partial charge on any atom is -0.376 e. The van der Waals surface area contributed by atoms with E-state index in [0.717, 1.165) is 52.0 Å². The van der Waals surface area contributed by atoms with Crippen molar-refractivity contribution in [2.45, 2.75) is 32.3 Å². The minimum absolute atomic E-state index is 0.0166. The lowest BCUT2D eigenvalue weighted by Crippen LogP contribution is -2.37. The lowest BCUT2D eigenvalue weighted by molar-refractivity contribution is 0.0919. The Kier molecular flexibility index (Phi) is 5.23. The van der Waals surface area contributed by atoms with Gasteiger partial charge in [-0.15, -0.1) is 0 Å². The minimum atomic E-state index is -0.0166. The van der Waals surface area contributed by atoms with Crippen molar-refractivity contribution in [2.24, 2.45) is 0 Å². The molecule has 0 radical (unpaired) electrons. The van der Waals surface area contributed by atoms with Crippen LogP contribution in [-0.2, 0) is 11.2 Å². The van der Waals surface area contributed by atoms with E-state index in [2.05, 4.69) is 25.1 Å². The van der Waals surface area contributed by atoms with Crippen LogP contribution in [0.1, 0.15) is 35.7 Å². The summed E-state index contributed by atoms with van der Waals surface area (Å²) in [4.78, 5) is 20.4. The van der Waals surface area contributed by atoms with Crippen LogP contribution in [0, 0.1) is 0 Å². The first-order chi connectivity index (χ1) is 14.7. The summed E-state index contributed by atoms with van der Waals surface area (Å²) < 4.78 is 6.99. The van der Waals surface area contributed by atoms with Gasteiger partial charge in [0.15, 0.2) is 5.13 Å². The van der Waals surface area contributed by atoms with Gasteiger partial charge < -0.3 is 4.74 Å². The molecule has 2 heterocycles. The van der Waals surface area contributed by atoms with Crippen molar-refractivity contribution in [3.8, 4) is 0 Å². The summed E-state index contributed by atoms with van der Waals surface area (Å²) in [6, 6.07) is 20.3. The van der Waals surface area contributed by atoms with Crippen molar-refractivity contribution < 1.29 is 9.53 Å². The Labute approximate surface area is 180 Å². The van der Waals surface area contributed by atoms with E-state index >= 15 is 0 Å². The fourth-order valence-electron chi connectivity index (χ4n) is 4.09. The predicted octanol–water partition coefficient (Wildman–Crippen LogP) is 5.84. The molecule has 1 aliphatic heterocycles. The number of hydrogen-bond acceptors (Lipinski definition) is 4. The fourth-order valence-corrected chi connectivity index (χ4v) is 5.13. The molecule has 3 aromatic carbocycles. The number of ether oxygens (including phenoxy) is 1. The van der Waals surface area contributed by atoms with Gasteiger partial charge in [0.25, 0.3) is 5.91 Å². The van der Waals surface area contributed by atoms with Gasteiger partial charge in [-0.3, -0.25) is 9.69 Å². The van der Waals surface area contributed by atoms with Gasteiger partial charge in [-0.1, -0.05) is 60.7 Å². The number of rotatable bonds is 5. The lowest BCUT2D eigenvalue weighted by Gasteiger charge is -2.23. The molecule has 4 nitrogen and oxygen atoms in total. The maximum Gasteiger partial charge on any atom is 0.260 e. The van der Waals surface area contributed by atoms with E-state index in [0.29, 0.717) is 12.1 Å². The highest BCUT2D eigenvalue weighted by Crippen LogP contribution is 2.32. The van der Waals surface area contributed by atoms with E-state index in [1.807, 2.05) is 47.4 Å². The number of aromatic nitrogens is 1. The van der Waals surface area contributed by atoms with E-state index in [9.17, 15) is 4.79 Å². The fraction of sp³-hybridized carbons (Fsp3) is 0.280. The maximum atomic E-state index is 13.8. The number of nitrogens with zero attached hydrogens (tertiary/aromatic N) is 2. The number of thiazole rings is 1. The third kappa shape index (κ3) is 3.59. The average molecular weight is 417 g/mol. The molecule has 1 fully saturated rings.